The largest absolute Gasteiger partial charge is 0.494 e. The number of benzene rings is 1. The van der Waals surface area contributed by atoms with E-state index in [9.17, 15) is 4.79 Å². The minimum atomic E-state index is 0.0319. The summed E-state index contributed by atoms with van der Waals surface area (Å²) < 4.78 is 5.98. The van der Waals surface area contributed by atoms with Gasteiger partial charge in [0.25, 0.3) is 0 Å². The van der Waals surface area contributed by atoms with E-state index in [4.69, 9.17) is 4.74 Å². The summed E-state index contributed by atoms with van der Waals surface area (Å²) in [7, 11) is 0. The van der Waals surface area contributed by atoms with Gasteiger partial charge in [-0.25, -0.2) is 5.43 Å². The predicted octanol–water partition coefficient (Wildman–Crippen LogP) is 2.73. The van der Waals surface area contributed by atoms with Gasteiger partial charge in [-0.05, 0) is 69.3 Å². The molecule has 1 aromatic carbocycles. The number of likely N-dealkylation sites (tertiary alicyclic amines) is 1. The molecule has 134 valence electrons. The van der Waals surface area contributed by atoms with Crippen molar-refractivity contribution in [3.63, 3.8) is 0 Å². The lowest BCUT2D eigenvalue weighted by molar-refractivity contribution is -0.122. The minimum absolute atomic E-state index is 0.0319. The number of carbonyl (C=O) groups excluding carboxylic acids is 1. The van der Waals surface area contributed by atoms with Crippen LogP contribution in [0.25, 0.3) is 0 Å². The highest BCUT2D eigenvalue weighted by Gasteiger charge is 2.30. The molecule has 1 aromatic rings. The molecule has 2 atom stereocenters. The van der Waals surface area contributed by atoms with Crippen molar-refractivity contribution in [2.75, 3.05) is 19.7 Å². The fraction of sp³-hybridized carbons (Fsp3) is 0.600. The lowest BCUT2D eigenvalue weighted by Gasteiger charge is -2.29. The number of carbonyl (C=O) groups is 1. The Morgan fingerprint density at radius 3 is 3.12 bits per heavy atom. The third-order valence-electron chi connectivity index (χ3n) is 5.78. The topological polar surface area (TPSA) is 53.9 Å². The predicted molar refractivity (Wildman–Crippen MR) is 97.9 cm³/mol. The van der Waals surface area contributed by atoms with E-state index in [1.54, 1.807) is 0 Å². The Hall–Kier alpha value is -1.88. The van der Waals surface area contributed by atoms with Gasteiger partial charge in [-0.1, -0.05) is 0 Å². The van der Waals surface area contributed by atoms with Crippen LogP contribution < -0.4 is 10.2 Å². The Morgan fingerprint density at radius 1 is 1.36 bits per heavy atom. The summed E-state index contributed by atoms with van der Waals surface area (Å²) in [5.74, 6) is 1.26. The zero-order valence-corrected chi connectivity index (χ0v) is 15.0. The average Bonchev–Trinajstić information content (AvgIpc) is 3.03. The smallest absolute Gasteiger partial charge is 0.240 e. The van der Waals surface area contributed by atoms with E-state index in [2.05, 4.69) is 34.5 Å². The zero-order valence-electron chi connectivity index (χ0n) is 15.0. The summed E-state index contributed by atoms with van der Waals surface area (Å²) >= 11 is 0. The number of nitrogens with zero attached hydrogens (tertiary/aromatic N) is 2. The molecule has 4 rings (SSSR count). The molecule has 25 heavy (non-hydrogen) atoms. The molecule has 2 aliphatic heterocycles. The summed E-state index contributed by atoms with van der Waals surface area (Å²) in [6.45, 7) is 5.45. The zero-order chi connectivity index (χ0) is 17.2. The van der Waals surface area contributed by atoms with E-state index < -0.39 is 0 Å². The first-order valence-corrected chi connectivity index (χ1v) is 9.57. The molecule has 0 bridgehead atoms. The van der Waals surface area contributed by atoms with Gasteiger partial charge in [-0.15, -0.1) is 0 Å². The van der Waals surface area contributed by atoms with Crippen LogP contribution in [0.4, 0.5) is 0 Å². The van der Waals surface area contributed by atoms with Gasteiger partial charge in [-0.3, -0.25) is 4.79 Å². The molecule has 0 spiro atoms. The molecule has 1 fully saturated rings. The van der Waals surface area contributed by atoms with Crippen LogP contribution in [0.3, 0.4) is 0 Å². The normalized spacial score (nSPS) is 25.8. The average molecular weight is 341 g/mol. The summed E-state index contributed by atoms with van der Waals surface area (Å²) in [5, 5.41) is 4.30. The third kappa shape index (κ3) is 3.56. The van der Waals surface area contributed by atoms with Crippen LogP contribution in [0.1, 0.15) is 50.2 Å². The van der Waals surface area contributed by atoms with Crippen LogP contribution in [0.2, 0.25) is 0 Å². The number of amides is 1. The van der Waals surface area contributed by atoms with Crippen molar-refractivity contribution >= 4 is 11.6 Å². The number of aryl methyl sites for hydroxylation is 1. The first kappa shape index (κ1) is 16.6. The van der Waals surface area contributed by atoms with Crippen molar-refractivity contribution < 1.29 is 9.53 Å². The Bertz CT molecular complexity index is 686. The SMILES string of the molecule is C[C@@H]1CCCN1CCCOc1ccc2c(c1)CCC1CC(=O)NN=C21. The Kier molecular flexibility index (Phi) is 4.75. The van der Waals surface area contributed by atoms with Gasteiger partial charge in [0.1, 0.15) is 5.75 Å². The van der Waals surface area contributed by atoms with Crippen LogP contribution >= 0.6 is 0 Å². The third-order valence-corrected chi connectivity index (χ3v) is 5.78. The number of ether oxygens (including phenoxy) is 1. The molecule has 5 nitrogen and oxygen atoms in total. The van der Waals surface area contributed by atoms with Crippen LogP contribution in [0.5, 0.6) is 5.75 Å². The Morgan fingerprint density at radius 2 is 2.28 bits per heavy atom. The first-order chi connectivity index (χ1) is 12.2. The molecule has 0 radical (unpaired) electrons. The monoisotopic (exact) mass is 341 g/mol. The minimum Gasteiger partial charge on any atom is -0.494 e. The van der Waals surface area contributed by atoms with Crippen LogP contribution in [-0.4, -0.2) is 42.3 Å². The Balaban J connectivity index is 1.35. The highest BCUT2D eigenvalue weighted by Crippen LogP contribution is 2.32. The maximum absolute atomic E-state index is 11.5. The van der Waals surface area contributed by atoms with Gasteiger partial charge in [-0.2, -0.15) is 5.10 Å². The van der Waals surface area contributed by atoms with E-state index in [0.717, 1.165) is 49.9 Å². The molecular weight excluding hydrogens is 314 g/mol. The second-order valence-electron chi connectivity index (χ2n) is 7.52. The second kappa shape index (κ2) is 7.16. The standard InChI is InChI=1S/C20H27N3O2/c1-14-4-2-9-23(14)10-3-11-25-17-7-8-18-15(12-17)5-6-16-13-19(24)21-22-20(16)18/h7-8,12,14,16H,2-6,9-11,13H2,1H3,(H,21,24)/t14-,16?/m1/s1. The summed E-state index contributed by atoms with van der Waals surface area (Å²) in [6.07, 6.45) is 6.28. The van der Waals surface area contributed by atoms with Crippen molar-refractivity contribution in [1.29, 1.82) is 0 Å². The molecule has 1 amide bonds. The lowest BCUT2D eigenvalue weighted by atomic mass is 9.80. The molecule has 0 aromatic heterocycles. The highest BCUT2D eigenvalue weighted by atomic mass is 16.5. The molecule has 5 heteroatoms. The molecule has 3 aliphatic rings. The number of hydrazone groups is 1. The van der Waals surface area contributed by atoms with E-state index in [0.29, 0.717) is 6.42 Å². The molecule has 0 saturated carbocycles. The van der Waals surface area contributed by atoms with Crippen LogP contribution in [0, 0.1) is 5.92 Å². The second-order valence-corrected chi connectivity index (χ2v) is 7.52. The van der Waals surface area contributed by atoms with E-state index in [1.807, 2.05) is 6.07 Å². The molecule has 1 unspecified atom stereocenters. The van der Waals surface area contributed by atoms with Crippen molar-refractivity contribution in [3.8, 4) is 5.75 Å². The van der Waals surface area contributed by atoms with Crippen LogP contribution in [0.15, 0.2) is 23.3 Å². The lowest BCUT2D eigenvalue weighted by Crippen LogP contribution is -2.36. The maximum atomic E-state index is 11.5. The summed E-state index contributed by atoms with van der Waals surface area (Å²) in [4.78, 5) is 14.1. The van der Waals surface area contributed by atoms with Gasteiger partial charge in [0.15, 0.2) is 0 Å². The number of fused-ring (bicyclic) bond motifs is 3. The van der Waals surface area contributed by atoms with E-state index >= 15 is 0 Å². The van der Waals surface area contributed by atoms with Crippen LogP contribution in [-0.2, 0) is 11.2 Å². The van der Waals surface area contributed by atoms with Crippen molar-refractivity contribution in [2.24, 2.45) is 11.0 Å². The highest BCUT2D eigenvalue weighted by molar-refractivity contribution is 6.07. The van der Waals surface area contributed by atoms with Crippen molar-refractivity contribution in [3.05, 3.63) is 29.3 Å². The van der Waals surface area contributed by atoms with E-state index in [1.165, 1.54) is 30.5 Å². The summed E-state index contributed by atoms with van der Waals surface area (Å²) in [5.41, 5.74) is 6.12. The molecule has 1 saturated heterocycles. The number of hydrogen-bond acceptors (Lipinski definition) is 4. The van der Waals surface area contributed by atoms with Gasteiger partial charge >= 0.3 is 0 Å². The van der Waals surface area contributed by atoms with E-state index in [-0.39, 0.29) is 11.8 Å². The fourth-order valence-corrected chi connectivity index (χ4v) is 4.33. The maximum Gasteiger partial charge on any atom is 0.240 e. The molecule has 1 aliphatic carbocycles. The Labute approximate surface area is 149 Å². The van der Waals surface area contributed by atoms with Crippen molar-refractivity contribution in [2.45, 2.75) is 51.5 Å². The first-order valence-electron chi connectivity index (χ1n) is 9.57. The summed E-state index contributed by atoms with van der Waals surface area (Å²) in [6, 6.07) is 7.03. The van der Waals surface area contributed by atoms with Crippen molar-refractivity contribution in [1.82, 2.24) is 10.3 Å². The van der Waals surface area contributed by atoms with Gasteiger partial charge in [0.2, 0.25) is 5.91 Å². The number of rotatable bonds is 5. The molecular formula is C20H27N3O2. The van der Waals surface area contributed by atoms with Gasteiger partial charge < -0.3 is 9.64 Å². The fourth-order valence-electron chi connectivity index (χ4n) is 4.33. The molecule has 2 heterocycles. The quantitative estimate of drug-likeness (QED) is 0.838. The number of nitrogens with one attached hydrogen (secondary N) is 1. The molecule has 1 N–H and O–H groups in total. The van der Waals surface area contributed by atoms with Gasteiger partial charge in [0.05, 0.1) is 12.3 Å². The van der Waals surface area contributed by atoms with Gasteiger partial charge in [0, 0.05) is 30.5 Å². The number of hydrogen-bond donors (Lipinski definition) is 1.